The van der Waals surface area contributed by atoms with Crippen LogP contribution in [0.1, 0.15) is 18.5 Å². The quantitative estimate of drug-likeness (QED) is 0.657. The zero-order chi connectivity index (χ0) is 18.0. The number of amides is 1. The SMILES string of the molecule is CC1=C(C(=O)Nc2ccc(F)cc2)[C@@H](c2ccccc2Br)NC(=S)N1. The summed E-state index contributed by atoms with van der Waals surface area (Å²) >= 11 is 8.77. The van der Waals surface area contributed by atoms with Gasteiger partial charge in [-0.25, -0.2) is 4.39 Å². The van der Waals surface area contributed by atoms with E-state index in [1.165, 1.54) is 24.3 Å². The number of thiocarbonyl (C=S) groups is 1. The predicted octanol–water partition coefficient (Wildman–Crippen LogP) is 4.02. The highest BCUT2D eigenvalue weighted by molar-refractivity contribution is 9.10. The van der Waals surface area contributed by atoms with Crippen LogP contribution >= 0.6 is 28.1 Å². The van der Waals surface area contributed by atoms with Crippen molar-refractivity contribution >= 4 is 44.9 Å². The molecule has 0 radical (unpaired) electrons. The van der Waals surface area contributed by atoms with Gasteiger partial charge in [0.25, 0.3) is 5.91 Å². The summed E-state index contributed by atoms with van der Waals surface area (Å²) in [6.45, 7) is 1.80. The van der Waals surface area contributed by atoms with Gasteiger partial charge < -0.3 is 16.0 Å². The van der Waals surface area contributed by atoms with Crippen molar-refractivity contribution in [2.24, 2.45) is 0 Å². The van der Waals surface area contributed by atoms with Crippen LogP contribution in [-0.2, 0) is 4.79 Å². The van der Waals surface area contributed by atoms with E-state index in [4.69, 9.17) is 12.2 Å². The molecule has 1 aliphatic heterocycles. The minimum absolute atomic E-state index is 0.285. The van der Waals surface area contributed by atoms with E-state index in [1.54, 1.807) is 6.92 Å². The average Bonchev–Trinajstić information content (AvgIpc) is 2.56. The summed E-state index contributed by atoms with van der Waals surface area (Å²) in [4.78, 5) is 12.9. The Kier molecular flexibility index (Phi) is 5.15. The van der Waals surface area contributed by atoms with Crippen molar-refractivity contribution in [3.05, 3.63) is 75.7 Å². The molecule has 0 aliphatic carbocycles. The van der Waals surface area contributed by atoms with E-state index in [-0.39, 0.29) is 11.7 Å². The van der Waals surface area contributed by atoms with Crippen molar-refractivity contribution in [1.29, 1.82) is 0 Å². The van der Waals surface area contributed by atoms with Gasteiger partial charge in [0.05, 0.1) is 11.6 Å². The molecule has 1 amide bonds. The van der Waals surface area contributed by atoms with Crippen molar-refractivity contribution in [2.45, 2.75) is 13.0 Å². The van der Waals surface area contributed by atoms with Gasteiger partial charge in [0.1, 0.15) is 5.82 Å². The maximum atomic E-state index is 13.1. The Hall–Kier alpha value is -2.25. The molecule has 7 heteroatoms. The Balaban J connectivity index is 1.96. The third-order valence-corrected chi connectivity index (χ3v) is 4.77. The fourth-order valence-electron chi connectivity index (χ4n) is 2.67. The summed E-state index contributed by atoms with van der Waals surface area (Å²) < 4.78 is 13.9. The Morgan fingerprint density at radius 1 is 1.20 bits per heavy atom. The van der Waals surface area contributed by atoms with Crippen molar-refractivity contribution in [2.75, 3.05) is 5.32 Å². The lowest BCUT2D eigenvalue weighted by molar-refractivity contribution is -0.113. The second-order valence-corrected chi connectivity index (χ2v) is 6.82. The van der Waals surface area contributed by atoms with Crippen LogP contribution in [0.25, 0.3) is 0 Å². The number of rotatable bonds is 3. The number of allylic oxidation sites excluding steroid dienone is 1. The van der Waals surface area contributed by atoms with Gasteiger partial charge in [-0.05, 0) is 55.0 Å². The Labute approximate surface area is 158 Å². The average molecular weight is 420 g/mol. The normalized spacial score (nSPS) is 16.9. The zero-order valence-electron chi connectivity index (χ0n) is 13.3. The second-order valence-electron chi connectivity index (χ2n) is 5.55. The number of nitrogens with one attached hydrogen (secondary N) is 3. The third-order valence-electron chi connectivity index (χ3n) is 3.83. The molecule has 3 rings (SSSR count). The van der Waals surface area contributed by atoms with E-state index < -0.39 is 6.04 Å². The van der Waals surface area contributed by atoms with Crippen molar-refractivity contribution in [1.82, 2.24) is 10.6 Å². The molecule has 0 unspecified atom stereocenters. The Bertz CT molecular complexity index is 867. The molecule has 128 valence electrons. The number of halogens is 2. The molecule has 0 saturated carbocycles. The molecule has 3 N–H and O–H groups in total. The molecule has 4 nitrogen and oxygen atoms in total. The van der Waals surface area contributed by atoms with Crippen molar-refractivity contribution < 1.29 is 9.18 Å². The zero-order valence-corrected chi connectivity index (χ0v) is 15.7. The van der Waals surface area contributed by atoms with Crippen LogP contribution in [0.15, 0.2) is 64.3 Å². The largest absolute Gasteiger partial charge is 0.351 e. The number of carbonyl (C=O) groups is 1. The molecule has 25 heavy (non-hydrogen) atoms. The van der Waals surface area contributed by atoms with E-state index in [0.717, 1.165) is 10.0 Å². The van der Waals surface area contributed by atoms with E-state index in [9.17, 15) is 9.18 Å². The van der Waals surface area contributed by atoms with Crippen LogP contribution in [-0.4, -0.2) is 11.0 Å². The van der Waals surface area contributed by atoms with Crippen LogP contribution in [0.2, 0.25) is 0 Å². The first-order valence-corrected chi connectivity index (χ1v) is 8.75. The van der Waals surface area contributed by atoms with E-state index >= 15 is 0 Å². The summed E-state index contributed by atoms with van der Waals surface area (Å²) in [5, 5.41) is 9.39. The molecule has 2 aromatic rings. The van der Waals surface area contributed by atoms with Gasteiger partial charge in [-0.2, -0.15) is 0 Å². The maximum absolute atomic E-state index is 13.1. The van der Waals surface area contributed by atoms with Gasteiger partial charge >= 0.3 is 0 Å². The number of benzene rings is 2. The summed E-state index contributed by atoms with van der Waals surface area (Å²) in [5.74, 6) is -0.641. The Morgan fingerprint density at radius 2 is 1.88 bits per heavy atom. The lowest BCUT2D eigenvalue weighted by Gasteiger charge is -2.31. The molecule has 0 bridgehead atoms. The molecule has 0 saturated heterocycles. The topological polar surface area (TPSA) is 53.2 Å². The molecular formula is C18H15BrFN3OS. The van der Waals surface area contributed by atoms with Crippen molar-refractivity contribution in [3.63, 3.8) is 0 Å². The van der Waals surface area contributed by atoms with Gasteiger partial charge in [-0.1, -0.05) is 34.1 Å². The number of anilines is 1. The van der Waals surface area contributed by atoms with E-state index in [0.29, 0.717) is 22.1 Å². The highest BCUT2D eigenvalue weighted by Crippen LogP contribution is 2.32. The summed E-state index contributed by atoms with van der Waals surface area (Å²) in [6.07, 6.45) is 0. The fourth-order valence-corrected chi connectivity index (χ4v) is 3.45. The summed E-state index contributed by atoms with van der Waals surface area (Å²) in [7, 11) is 0. The summed E-state index contributed by atoms with van der Waals surface area (Å²) in [5.41, 5.74) is 2.61. The van der Waals surface area contributed by atoms with E-state index in [1.807, 2.05) is 24.3 Å². The van der Waals surface area contributed by atoms with E-state index in [2.05, 4.69) is 31.9 Å². The van der Waals surface area contributed by atoms with Gasteiger partial charge in [0.2, 0.25) is 0 Å². The molecule has 2 aromatic carbocycles. The summed E-state index contributed by atoms with van der Waals surface area (Å²) in [6, 6.07) is 12.9. The fraction of sp³-hybridized carbons (Fsp3) is 0.111. The lowest BCUT2D eigenvalue weighted by Crippen LogP contribution is -2.45. The van der Waals surface area contributed by atoms with Gasteiger partial charge in [0, 0.05) is 15.9 Å². The van der Waals surface area contributed by atoms with Crippen LogP contribution in [0.4, 0.5) is 10.1 Å². The minimum atomic E-state index is -0.398. The molecular weight excluding hydrogens is 405 g/mol. The molecule has 0 spiro atoms. The van der Waals surface area contributed by atoms with Crippen LogP contribution in [0.3, 0.4) is 0 Å². The maximum Gasteiger partial charge on any atom is 0.255 e. The van der Waals surface area contributed by atoms with Gasteiger partial charge in [-0.3, -0.25) is 4.79 Å². The lowest BCUT2D eigenvalue weighted by atomic mass is 9.95. The molecule has 1 atom stereocenters. The predicted molar refractivity (Wildman–Crippen MR) is 103 cm³/mol. The first kappa shape index (κ1) is 17.6. The van der Waals surface area contributed by atoms with Gasteiger partial charge in [-0.15, -0.1) is 0 Å². The monoisotopic (exact) mass is 419 g/mol. The number of carbonyl (C=O) groups excluding carboxylic acids is 1. The van der Waals surface area contributed by atoms with Crippen LogP contribution in [0.5, 0.6) is 0 Å². The number of hydrogen-bond acceptors (Lipinski definition) is 2. The molecule has 1 aliphatic rings. The highest BCUT2D eigenvalue weighted by atomic mass is 79.9. The molecule has 0 aromatic heterocycles. The van der Waals surface area contributed by atoms with Crippen LogP contribution in [0, 0.1) is 5.82 Å². The van der Waals surface area contributed by atoms with Crippen molar-refractivity contribution in [3.8, 4) is 0 Å². The number of hydrogen-bond donors (Lipinski definition) is 3. The van der Waals surface area contributed by atoms with Gasteiger partial charge in [0.15, 0.2) is 5.11 Å². The molecule has 1 heterocycles. The van der Waals surface area contributed by atoms with Crippen LogP contribution < -0.4 is 16.0 Å². The minimum Gasteiger partial charge on any atom is -0.351 e. The Morgan fingerprint density at radius 3 is 2.56 bits per heavy atom. The molecule has 0 fully saturated rings. The smallest absolute Gasteiger partial charge is 0.255 e. The first-order chi connectivity index (χ1) is 12.0. The first-order valence-electron chi connectivity index (χ1n) is 7.55. The standard InChI is InChI=1S/C18H15BrFN3OS/c1-10-15(17(24)22-12-8-6-11(20)7-9-12)16(23-18(25)21-10)13-4-2-3-5-14(13)19/h2-9,16H,1H3,(H,22,24)(H2,21,23,25)/t16-/m1/s1. The second kappa shape index (κ2) is 7.33. The highest BCUT2D eigenvalue weighted by Gasteiger charge is 2.30. The third kappa shape index (κ3) is 3.88.